The molecule has 4 rings (SSSR count). The van der Waals surface area contributed by atoms with Crippen LogP contribution in [0.4, 0.5) is 0 Å². The van der Waals surface area contributed by atoms with Crippen molar-refractivity contribution in [2.45, 2.75) is 0 Å². The second-order valence-electron chi connectivity index (χ2n) is 5.16. The number of benzene rings is 2. The molecule has 1 aliphatic carbocycles. The Labute approximate surface area is 127 Å². The maximum Gasteiger partial charge on any atom is 0.197 e. The van der Waals surface area contributed by atoms with Gasteiger partial charge in [-0.2, -0.15) is 0 Å². The lowest BCUT2D eigenvalue weighted by Crippen LogP contribution is -2.15. The quantitative estimate of drug-likeness (QED) is 0.599. The van der Waals surface area contributed by atoms with Gasteiger partial charge in [0.2, 0.25) is 0 Å². The summed E-state index contributed by atoms with van der Waals surface area (Å²) in [6, 6.07) is 12.3. The van der Waals surface area contributed by atoms with Crippen LogP contribution in [-0.4, -0.2) is 24.8 Å². The van der Waals surface area contributed by atoms with Crippen LogP contribution in [0.1, 0.15) is 26.3 Å². The van der Waals surface area contributed by atoms with Crippen LogP contribution in [0, 0.1) is 0 Å². The molecule has 2 aromatic rings. The number of carbonyl (C=O) groups excluding carboxylic acids is 2. The Morgan fingerprint density at radius 2 is 1.45 bits per heavy atom. The topological polar surface area (TPSA) is 52.6 Å². The molecule has 108 valence electrons. The Morgan fingerprint density at radius 1 is 0.818 bits per heavy atom. The third-order valence-corrected chi connectivity index (χ3v) is 3.78. The van der Waals surface area contributed by atoms with E-state index in [1.807, 2.05) is 6.07 Å². The summed E-state index contributed by atoms with van der Waals surface area (Å²) in [5.41, 5.74) is 1.87. The van der Waals surface area contributed by atoms with Crippen molar-refractivity contribution in [3.63, 3.8) is 0 Å². The second kappa shape index (κ2) is 4.84. The highest BCUT2D eigenvalue weighted by molar-refractivity contribution is 6.41. The van der Waals surface area contributed by atoms with Crippen LogP contribution >= 0.6 is 0 Å². The Morgan fingerprint density at radius 3 is 2.14 bits per heavy atom. The molecule has 0 saturated heterocycles. The molecule has 1 heterocycles. The van der Waals surface area contributed by atoms with E-state index >= 15 is 0 Å². The Hall–Kier alpha value is -2.88. The van der Waals surface area contributed by atoms with Crippen molar-refractivity contribution in [3.05, 3.63) is 64.7 Å². The number of allylic oxidation sites excluding steroid dienone is 1. The van der Waals surface area contributed by atoms with Crippen LogP contribution in [-0.2, 0) is 0 Å². The molecule has 0 radical (unpaired) electrons. The summed E-state index contributed by atoms with van der Waals surface area (Å²) < 4.78 is 11.0. The van der Waals surface area contributed by atoms with Gasteiger partial charge < -0.3 is 9.47 Å². The number of ketones is 2. The predicted molar refractivity (Wildman–Crippen MR) is 80.5 cm³/mol. The monoisotopic (exact) mass is 292 g/mol. The average Bonchev–Trinajstić information content (AvgIpc) is 2.80. The zero-order valence-electron chi connectivity index (χ0n) is 11.7. The molecule has 0 amide bonds. The van der Waals surface area contributed by atoms with E-state index in [0.29, 0.717) is 35.8 Å². The molecule has 0 saturated carbocycles. The van der Waals surface area contributed by atoms with Crippen LogP contribution in [0.15, 0.2) is 48.0 Å². The number of hydrogen-bond donors (Lipinski definition) is 0. The van der Waals surface area contributed by atoms with Gasteiger partial charge >= 0.3 is 0 Å². The van der Waals surface area contributed by atoms with Gasteiger partial charge in [0.25, 0.3) is 0 Å². The van der Waals surface area contributed by atoms with E-state index in [1.54, 1.807) is 42.5 Å². The van der Waals surface area contributed by atoms with E-state index in [0.717, 1.165) is 5.56 Å². The van der Waals surface area contributed by atoms with Crippen molar-refractivity contribution in [3.8, 4) is 11.5 Å². The number of carbonyl (C=O) groups is 2. The van der Waals surface area contributed by atoms with Crippen molar-refractivity contribution < 1.29 is 19.1 Å². The van der Waals surface area contributed by atoms with Crippen molar-refractivity contribution in [1.82, 2.24) is 0 Å². The van der Waals surface area contributed by atoms with E-state index < -0.39 is 0 Å². The molecule has 0 atom stereocenters. The molecular weight excluding hydrogens is 280 g/mol. The molecule has 0 aromatic heterocycles. The number of ether oxygens (including phenoxy) is 2. The van der Waals surface area contributed by atoms with Crippen LogP contribution in [0.25, 0.3) is 6.08 Å². The first-order valence-corrected chi connectivity index (χ1v) is 7.04. The highest BCUT2D eigenvalue weighted by Gasteiger charge is 2.32. The van der Waals surface area contributed by atoms with E-state index in [9.17, 15) is 9.59 Å². The first-order chi connectivity index (χ1) is 10.7. The van der Waals surface area contributed by atoms with Gasteiger partial charge in [0.15, 0.2) is 23.1 Å². The molecule has 22 heavy (non-hydrogen) atoms. The molecule has 4 heteroatoms. The van der Waals surface area contributed by atoms with Gasteiger partial charge in [-0.15, -0.1) is 0 Å². The molecule has 0 bridgehead atoms. The van der Waals surface area contributed by atoms with Gasteiger partial charge in [-0.3, -0.25) is 9.59 Å². The SMILES string of the molecule is O=C1C(=Cc2ccc3c(c2)OCCO3)C(=O)c2ccccc21. The summed E-state index contributed by atoms with van der Waals surface area (Å²) in [6.07, 6.45) is 1.61. The van der Waals surface area contributed by atoms with Crippen molar-refractivity contribution in [2.75, 3.05) is 13.2 Å². The van der Waals surface area contributed by atoms with Crippen LogP contribution in [0.5, 0.6) is 11.5 Å². The van der Waals surface area contributed by atoms with Crippen LogP contribution in [0.2, 0.25) is 0 Å². The lowest BCUT2D eigenvalue weighted by molar-refractivity contribution is 0.0990. The first-order valence-electron chi connectivity index (χ1n) is 7.04. The summed E-state index contributed by atoms with van der Waals surface area (Å²) in [6.45, 7) is 1.02. The molecule has 2 aliphatic rings. The summed E-state index contributed by atoms with van der Waals surface area (Å²) in [5.74, 6) is 0.864. The van der Waals surface area contributed by atoms with E-state index in [-0.39, 0.29) is 17.1 Å². The highest BCUT2D eigenvalue weighted by atomic mass is 16.6. The summed E-state index contributed by atoms with van der Waals surface area (Å²) in [4.78, 5) is 24.7. The average molecular weight is 292 g/mol. The van der Waals surface area contributed by atoms with Crippen molar-refractivity contribution >= 4 is 17.6 Å². The first kappa shape index (κ1) is 12.8. The third kappa shape index (κ3) is 1.92. The molecule has 4 nitrogen and oxygen atoms in total. The number of hydrogen-bond acceptors (Lipinski definition) is 4. The fourth-order valence-electron chi connectivity index (χ4n) is 2.72. The molecule has 0 N–H and O–H groups in total. The zero-order chi connectivity index (χ0) is 15.1. The molecule has 0 unspecified atom stereocenters. The van der Waals surface area contributed by atoms with Gasteiger partial charge in [-0.1, -0.05) is 30.3 Å². The summed E-state index contributed by atoms with van der Waals surface area (Å²) in [5, 5.41) is 0. The molecular formula is C18H12O4. The van der Waals surface area contributed by atoms with Crippen molar-refractivity contribution in [2.24, 2.45) is 0 Å². The third-order valence-electron chi connectivity index (χ3n) is 3.78. The molecule has 2 aromatic carbocycles. The lowest BCUT2D eigenvalue weighted by Gasteiger charge is -2.18. The second-order valence-corrected chi connectivity index (χ2v) is 5.16. The Bertz CT molecular complexity index is 796. The smallest absolute Gasteiger partial charge is 0.197 e. The minimum Gasteiger partial charge on any atom is -0.486 e. The van der Waals surface area contributed by atoms with Gasteiger partial charge in [-0.25, -0.2) is 0 Å². The Kier molecular flexibility index (Phi) is 2.82. The predicted octanol–water partition coefficient (Wildman–Crippen LogP) is 2.92. The van der Waals surface area contributed by atoms with Gasteiger partial charge in [-0.05, 0) is 23.8 Å². The van der Waals surface area contributed by atoms with E-state index in [1.165, 1.54) is 0 Å². The van der Waals surface area contributed by atoms with E-state index in [2.05, 4.69) is 0 Å². The van der Waals surface area contributed by atoms with Gasteiger partial charge in [0.1, 0.15) is 13.2 Å². The minimum absolute atomic E-state index is 0.192. The van der Waals surface area contributed by atoms with Gasteiger partial charge in [0, 0.05) is 11.1 Å². The maximum absolute atomic E-state index is 12.4. The molecule has 0 fully saturated rings. The zero-order valence-corrected chi connectivity index (χ0v) is 11.7. The van der Waals surface area contributed by atoms with Gasteiger partial charge in [0.05, 0.1) is 5.57 Å². The largest absolute Gasteiger partial charge is 0.486 e. The summed E-state index contributed by atoms with van der Waals surface area (Å²) >= 11 is 0. The fraction of sp³-hybridized carbons (Fsp3) is 0.111. The number of fused-ring (bicyclic) bond motifs is 2. The van der Waals surface area contributed by atoms with Crippen LogP contribution in [0.3, 0.4) is 0 Å². The molecule has 1 aliphatic heterocycles. The standard InChI is InChI=1S/C18H12O4/c19-17-12-3-1-2-4-13(12)18(20)14(17)9-11-5-6-15-16(10-11)22-8-7-21-15/h1-6,9-10H,7-8H2. The normalized spacial score (nSPS) is 15.7. The van der Waals surface area contributed by atoms with Crippen LogP contribution < -0.4 is 9.47 Å². The summed E-state index contributed by atoms with van der Waals surface area (Å²) in [7, 11) is 0. The number of rotatable bonds is 1. The lowest BCUT2D eigenvalue weighted by atomic mass is 10.1. The maximum atomic E-state index is 12.4. The fourth-order valence-corrected chi connectivity index (χ4v) is 2.72. The Balaban J connectivity index is 1.75. The highest BCUT2D eigenvalue weighted by Crippen LogP contribution is 2.33. The number of Topliss-reactive ketones (excluding diaryl/α,β-unsaturated/α-hetero) is 2. The van der Waals surface area contributed by atoms with Crippen molar-refractivity contribution in [1.29, 1.82) is 0 Å². The molecule has 0 spiro atoms. The van der Waals surface area contributed by atoms with E-state index in [4.69, 9.17) is 9.47 Å². The minimum atomic E-state index is -0.226.